The predicted molar refractivity (Wildman–Crippen MR) is 59.9 cm³/mol. The van der Waals surface area contributed by atoms with Gasteiger partial charge < -0.3 is 14.6 Å². The second-order valence-electron chi connectivity index (χ2n) is 3.85. The highest BCUT2D eigenvalue weighted by molar-refractivity contribution is 5.91. The number of carbonyl (C=O) groups is 1. The molecule has 1 aliphatic rings. The van der Waals surface area contributed by atoms with Crippen molar-refractivity contribution in [2.75, 3.05) is 13.2 Å². The van der Waals surface area contributed by atoms with Crippen LogP contribution in [0.2, 0.25) is 0 Å². The minimum Gasteiger partial charge on any atom is -0.487 e. The van der Waals surface area contributed by atoms with E-state index in [4.69, 9.17) is 14.6 Å². The summed E-state index contributed by atoms with van der Waals surface area (Å²) in [5.74, 6) is -1.17. The Morgan fingerprint density at radius 3 is 2.89 bits per heavy atom. The van der Waals surface area contributed by atoms with E-state index in [1.807, 2.05) is 0 Å². The van der Waals surface area contributed by atoms with Crippen LogP contribution >= 0.6 is 0 Å². The van der Waals surface area contributed by atoms with Gasteiger partial charge in [0.2, 0.25) is 0 Å². The van der Waals surface area contributed by atoms with Gasteiger partial charge in [-0.15, -0.1) is 0 Å². The van der Waals surface area contributed by atoms with Gasteiger partial charge in [0.05, 0.1) is 24.2 Å². The molecule has 1 aromatic rings. The largest absolute Gasteiger partial charge is 0.487 e. The van der Waals surface area contributed by atoms with E-state index in [2.05, 4.69) is 0 Å². The third-order valence-electron chi connectivity index (χ3n) is 2.59. The molecule has 1 aliphatic heterocycles. The van der Waals surface area contributed by atoms with Crippen LogP contribution in [0.5, 0.6) is 5.75 Å². The maximum Gasteiger partial charge on any atom is 0.339 e. The van der Waals surface area contributed by atoms with Crippen molar-refractivity contribution in [2.24, 2.45) is 0 Å². The number of nitro groups is 1. The first-order valence-corrected chi connectivity index (χ1v) is 5.34. The van der Waals surface area contributed by atoms with Crippen LogP contribution in [0.4, 0.5) is 5.69 Å². The number of hydrogen-bond acceptors (Lipinski definition) is 5. The van der Waals surface area contributed by atoms with E-state index in [9.17, 15) is 14.9 Å². The number of benzene rings is 1. The Kier molecular flexibility index (Phi) is 3.42. The topological polar surface area (TPSA) is 98.9 Å². The van der Waals surface area contributed by atoms with Gasteiger partial charge in [-0.2, -0.15) is 0 Å². The molecule has 2 rings (SSSR count). The molecule has 0 saturated carbocycles. The highest BCUT2D eigenvalue weighted by Gasteiger charge is 2.22. The van der Waals surface area contributed by atoms with Crippen molar-refractivity contribution >= 4 is 11.7 Å². The number of carboxylic acids is 1. The molecule has 0 radical (unpaired) electrons. The van der Waals surface area contributed by atoms with E-state index < -0.39 is 10.9 Å². The maximum absolute atomic E-state index is 11.0. The number of nitro benzene ring substituents is 1. The molecule has 1 atom stereocenters. The SMILES string of the molecule is O=C(O)c1ccc([N+](=O)[O-])cc1OC1CCOC1. The second-order valence-corrected chi connectivity index (χ2v) is 3.85. The fourth-order valence-corrected chi connectivity index (χ4v) is 1.68. The zero-order valence-electron chi connectivity index (χ0n) is 9.37. The van der Waals surface area contributed by atoms with Crippen LogP contribution in [0.15, 0.2) is 18.2 Å². The summed E-state index contributed by atoms with van der Waals surface area (Å²) in [5.41, 5.74) is -0.290. The normalized spacial score (nSPS) is 18.6. The van der Waals surface area contributed by atoms with Gasteiger partial charge in [-0.1, -0.05) is 0 Å². The first kappa shape index (κ1) is 12.3. The van der Waals surface area contributed by atoms with Crippen LogP contribution in [0.25, 0.3) is 0 Å². The highest BCUT2D eigenvalue weighted by atomic mass is 16.6. The van der Waals surface area contributed by atoms with Gasteiger partial charge in [0.25, 0.3) is 5.69 Å². The second kappa shape index (κ2) is 5.01. The van der Waals surface area contributed by atoms with Crippen molar-refractivity contribution in [1.82, 2.24) is 0 Å². The van der Waals surface area contributed by atoms with Crippen LogP contribution < -0.4 is 4.74 Å². The van der Waals surface area contributed by atoms with E-state index in [0.29, 0.717) is 19.6 Å². The van der Waals surface area contributed by atoms with E-state index in [-0.39, 0.29) is 23.1 Å². The van der Waals surface area contributed by atoms with Gasteiger partial charge in [0.1, 0.15) is 17.4 Å². The molecule has 0 aliphatic carbocycles. The molecule has 1 heterocycles. The van der Waals surface area contributed by atoms with Crippen molar-refractivity contribution in [3.63, 3.8) is 0 Å². The summed E-state index contributed by atoms with van der Waals surface area (Å²) >= 11 is 0. The lowest BCUT2D eigenvalue weighted by molar-refractivity contribution is -0.385. The summed E-state index contributed by atoms with van der Waals surface area (Å²) in [7, 11) is 0. The third-order valence-corrected chi connectivity index (χ3v) is 2.59. The Bertz CT molecular complexity index is 480. The lowest BCUT2D eigenvalue weighted by Crippen LogP contribution is -2.17. The maximum atomic E-state index is 11.0. The minimum absolute atomic E-state index is 0.00667. The van der Waals surface area contributed by atoms with Crippen LogP contribution in [0, 0.1) is 10.1 Å². The summed E-state index contributed by atoms with van der Waals surface area (Å²) < 4.78 is 10.5. The molecule has 18 heavy (non-hydrogen) atoms. The first-order valence-electron chi connectivity index (χ1n) is 5.34. The third kappa shape index (κ3) is 2.57. The van der Waals surface area contributed by atoms with Crippen LogP contribution in [-0.2, 0) is 4.74 Å². The van der Waals surface area contributed by atoms with Gasteiger partial charge >= 0.3 is 5.97 Å². The quantitative estimate of drug-likeness (QED) is 0.644. The standard InChI is InChI=1S/C11H11NO6/c13-11(14)9-2-1-7(12(15)16)5-10(9)18-8-3-4-17-6-8/h1-2,5,8H,3-4,6H2,(H,13,14). The lowest BCUT2D eigenvalue weighted by atomic mass is 10.2. The number of non-ortho nitro benzene ring substituents is 1. The summed E-state index contributed by atoms with van der Waals surface area (Å²) in [6, 6.07) is 3.44. The molecule has 0 spiro atoms. The highest BCUT2D eigenvalue weighted by Crippen LogP contribution is 2.27. The Balaban J connectivity index is 2.30. The van der Waals surface area contributed by atoms with Crippen LogP contribution in [0.1, 0.15) is 16.8 Å². The Hall–Kier alpha value is -2.15. The van der Waals surface area contributed by atoms with Gasteiger partial charge in [0.15, 0.2) is 0 Å². The number of rotatable bonds is 4. The van der Waals surface area contributed by atoms with Gasteiger partial charge in [-0.25, -0.2) is 4.79 Å². The monoisotopic (exact) mass is 253 g/mol. The average Bonchev–Trinajstić information content (AvgIpc) is 2.81. The zero-order chi connectivity index (χ0) is 13.1. The molecule has 1 unspecified atom stereocenters. The molecule has 7 heteroatoms. The van der Waals surface area contributed by atoms with Crippen molar-refractivity contribution in [1.29, 1.82) is 0 Å². The molecular formula is C11H11NO6. The molecule has 0 aromatic heterocycles. The van der Waals surface area contributed by atoms with Gasteiger partial charge in [0, 0.05) is 12.5 Å². The number of carboxylic acid groups (broad SMARTS) is 1. The van der Waals surface area contributed by atoms with E-state index in [1.54, 1.807) is 0 Å². The zero-order valence-corrected chi connectivity index (χ0v) is 9.37. The van der Waals surface area contributed by atoms with Gasteiger partial charge in [-0.05, 0) is 6.07 Å². The summed E-state index contributed by atoms with van der Waals surface area (Å²) in [6.45, 7) is 0.906. The summed E-state index contributed by atoms with van der Waals surface area (Å²) in [6.07, 6.45) is 0.381. The molecule has 96 valence electrons. The minimum atomic E-state index is -1.18. The number of ether oxygens (including phenoxy) is 2. The van der Waals surface area contributed by atoms with E-state index in [1.165, 1.54) is 6.07 Å². The molecular weight excluding hydrogens is 242 g/mol. The molecule has 0 amide bonds. The van der Waals surface area contributed by atoms with Crippen LogP contribution in [-0.4, -0.2) is 35.3 Å². The molecule has 1 N–H and O–H groups in total. The Morgan fingerprint density at radius 2 is 2.33 bits per heavy atom. The molecule has 1 saturated heterocycles. The molecule has 0 bridgehead atoms. The predicted octanol–water partition coefficient (Wildman–Crippen LogP) is 1.46. The number of nitrogens with zero attached hydrogens (tertiary/aromatic N) is 1. The Morgan fingerprint density at radius 1 is 1.56 bits per heavy atom. The van der Waals surface area contributed by atoms with Crippen molar-refractivity contribution in [3.8, 4) is 5.75 Å². The fraction of sp³-hybridized carbons (Fsp3) is 0.364. The molecule has 7 nitrogen and oxygen atoms in total. The average molecular weight is 253 g/mol. The first-order chi connectivity index (χ1) is 8.58. The van der Waals surface area contributed by atoms with E-state index >= 15 is 0 Å². The van der Waals surface area contributed by atoms with Gasteiger partial charge in [-0.3, -0.25) is 10.1 Å². The number of hydrogen-bond donors (Lipinski definition) is 1. The summed E-state index contributed by atoms with van der Waals surface area (Å²) in [4.78, 5) is 21.1. The number of aromatic carboxylic acids is 1. The van der Waals surface area contributed by atoms with Crippen molar-refractivity contribution in [2.45, 2.75) is 12.5 Å². The molecule has 1 fully saturated rings. The van der Waals surface area contributed by atoms with Crippen LogP contribution in [0.3, 0.4) is 0 Å². The lowest BCUT2D eigenvalue weighted by Gasteiger charge is -2.13. The fourth-order valence-electron chi connectivity index (χ4n) is 1.68. The molecule has 1 aromatic carbocycles. The Labute approximate surface area is 102 Å². The van der Waals surface area contributed by atoms with Crippen molar-refractivity contribution in [3.05, 3.63) is 33.9 Å². The van der Waals surface area contributed by atoms with Crippen molar-refractivity contribution < 1.29 is 24.3 Å². The summed E-state index contributed by atoms with van der Waals surface area (Å²) in [5, 5.41) is 19.6. The van der Waals surface area contributed by atoms with E-state index in [0.717, 1.165) is 12.1 Å². The smallest absolute Gasteiger partial charge is 0.339 e.